The average molecular weight is 434 g/mol. The van der Waals surface area contributed by atoms with Gasteiger partial charge < -0.3 is 19.1 Å². The van der Waals surface area contributed by atoms with Crippen molar-refractivity contribution in [3.63, 3.8) is 0 Å². The molecule has 1 aliphatic rings. The van der Waals surface area contributed by atoms with Gasteiger partial charge in [0.25, 0.3) is 5.91 Å². The van der Waals surface area contributed by atoms with E-state index in [0.717, 1.165) is 30.3 Å². The average Bonchev–Trinajstić information content (AvgIpc) is 3.15. The van der Waals surface area contributed by atoms with Crippen molar-refractivity contribution >= 4 is 17.2 Å². The molecule has 2 aromatic rings. The number of ether oxygens (including phenoxy) is 3. The number of piperazine rings is 1. The molecule has 0 atom stereocenters. The monoisotopic (exact) mass is 433 g/mol. The molecule has 164 valence electrons. The second kappa shape index (κ2) is 10.6. The summed E-state index contributed by atoms with van der Waals surface area (Å²) >= 11 is 1.69. The van der Waals surface area contributed by atoms with Gasteiger partial charge in [0.2, 0.25) is 5.75 Å². The zero-order chi connectivity index (χ0) is 21.5. The third-order valence-electron chi connectivity index (χ3n) is 4.84. The van der Waals surface area contributed by atoms with Gasteiger partial charge in [0.15, 0.2) is 11.5 Å². The molecule has 30 heavy (non-hydrogen) atoms. The molecule has 0 bridgehead atoms. The first-order valence-corrected chi connectivity index (χ1v) is 11.4. The van der Waals surface area contributed by atoms with Gasteiger partial charge in [0, 0.05) is 42.8 Å². The summed E-state index contributed by atoms with van der Waals surface area (Å²) in [6.45, 7) is 13.1. The molecule has 1 aromatic heterocycles. The third kappa shape index (κ3) is 5.43. The van der Waals surface area contributed by atoms with Crippen LogP contribution in [-0.2, 0) is 6.54 Å². The minimum absolute atomic E-state index is 0.00954. The molecule has 0 saturated carbocycles. The summed E-state index contributed by atoms with van der Waals surface area (Å²) in [6, 6.07) is 3.54. The molecule has 0 radical (unpaired) electrons. The Bertz CT molecular complexity index is 820. The molecule has 3 rings (SSSR count). The first kappa shape index (κ1) is 22.4. The number of carbonyl (C=O) groups is 1. The molecule has 0 N–H and O–H groups in total. The van der Waals surface area contributed by atoms with Crippen LogP contribution >= 0.6 is 11.3 Å². The van der Waals surface area contributed by atoms with Gasteiger partial charge in [-0.15, -0.1) is 11.3 Å². The Morgan fingerprint density at radius 1 is 1.00 bits per heavy atom. The Labute approximate surface area is 182 Å². The zero-order valence-corrected chi connectivity index (χ0v) is 19.1. The molecule has 0 spiro atoms. The molecule has 7 nitrogen and oxygen atoms in total. The number of thiazole rings is 1. The van der Waals surface area contributed by atoms with E-state index in [0.29, 0.717) is 55.7 Å². The van der Waals surface area contributed by atoms with E-state index in [1.165, 1.54) is 0 Å². The Balaban J connectivity index is 1.71. The summed E-state index contributed by atoms with van der Waals surface area (Å²) in [7, 11) is 0. The number of hydrogen-bond acceptors (Lipinski definition) is 7. The fourth-order valence-corrected chi connectivity index (χ4v) is 4.28. The number of aryl methyl sites for hydroxylation is 1. The van der Waals surface area contributed by atoms with Gasteiger partial charge in [-0.05, 0) is 39.8 Å². The third-order valence-corrected chi connectivity index (χ3v) is 5.79. The number of benzene rings is 1. The van der Waals surface area contributed by atoms with Crippen LogP contribution in [0.15, 0.2) is 17.5 Å². The highest BCUT2D eigenvalue weighted by Crippen LogP contribution is 2.39. The number of rotatable bonds is 9. The van der Waals surface area contributed by atoms with Crippen LogP contribution in [-0.4, -0.2) is 66.7 Å². The molecule has 1 aromatic carbocycles. The molecule has 8 heteroatoms. The standard InChI is InChI=1S/C22H31N3O4S/c1-5-27-18-12-17(13-19(28-6-2)21(18)29-7-3)22(26)25-10-8-24(9-11-25)14-20-23-16(4)15-30-20/h12-13,15H,5-11,14H2,1-4H3. The highest BCUT2D eigenvalue weighted by molar-refractivity contribution is 7.09. The van der Waals surface area contributed by atoms with Crippen LogP contribution in [0.2, 0.25) is 0 Å². The van der Waals surface area contributed by atoms with E-state index in [1.807, 2.05) is 32.6 Å². The van der Waals surface area contributed by atoms with Gasteiger partial charge in [-0.1, -0.05) is 0 Å². The van der Waals surface area contributed by atoms with Gasteiger partial charge in [0.1, 0.15) is 5.01 Å². The smallest absolute Gasteiger partial charge is 0.254 e. The van der Waals surface area contributed by atoms with Crippen molar-refractivity contribution in [1.82, 2.24) is 14.8 Å². The quantitative estimate of drug-likeness (QED) is 0.602. The van der Waals surface area contributed by atoms with Gasteiger partial charge in [-0.3, -0.25) is 9.69 Å². The van der Waals surface area contributed by atoms with E-state index in [1.54, 1.807) is 23.5 Å². The van der Waals surface area contributed by atoms with E-state index in [-0.39, 0.29) is 5.91 Å². The lowest BCUT2D eigenvalue weighted by Gasteiger charge is -2.34. The lowest BCUT2D eigenvalue weighted by Crippen LogP contribution is -2.48. The molecule has 1 amide bonds. The molecule has 0 unspecified atom stereocenters. The van der Waals surface area contributed by atoms with Gasteiger partial charge in [0.05, 0.1) is 26.4 Å². The molecule has 1 saturated heterocycles. The van der Waals surface area contributed by atoms with Crippen molar-refractivity contribution in [2.24, 2.45) is 0 Å². The molecule has 2 heterocycles. The van der Waals surface area contributed by atoms with Crippen molar-refractivity contribution < 1.29 is 19.0 Å². The van der Waals surface area contributed by atoms with Crippen LogP contribution < -0.4 is 14.2 Å². The van der Waals surface area contributed by atoms with Crippen molar-refractivity contribution in [3.05, 3.63) is 33.8 Å². The number of aromatic nitrogens is 1. The first-order chi connectivity index (χ1) is 14.5. The summed E-state index contributed by atoms with van der Waals surface area (Å²) in [5.74, 6) is 1.64. The molecule has 0 aliphatic carbocycles. The molecular weight excluding hydrogens is 402 g/mol. The minimum atomic E-state index is -0.00954. The van der Waals surface area contributed by atoms with Gasteiger partial charge in [-0.2, -0.15) is 0 Å². The largest absolute Gasteiger partial charge is 0.490 e. The maximum absolute atomic E-state index is 13.2. The van der Waals surface area contributed by atoms with Crippen molar-refractivity contribution in [1.29, 1.82) is 0 Å². The normalized spacial score (nSPS) is 14.6. The number of amides is 1. The van der Waals surface area contributed by atoms with Crippen LogP contribution in [0.25, 0.3) is 0 Å². The predicted molar refractivity (Wildman–Crippen MR) is 118 cm³/mol. The lowest BCUT2D eigenvalue weighted by atomic mass is 10.1. The summed E-state index contributed by atoms with van der Waals surface area (Å²) in [5, 5.41) is 3.20. The highest BCUT2D eigenvalue weighted by Gasteiger charge is 2.25. The molecule has 1 aliphatic heterocycles. The van der Waals surface area contributed by atoms with Gasteiger partial charge >= 0.3 is 0 Å². The Morgan fingerprint density at radius 2 is 1.60 bits per heavy atom. The van der Waals surface area contributed by atoms with Crippen LogP contribution in [0.3, 0.4) is 0 Å². The van der Waals surface area contributed by atoms with Crippen LogP contribution in [0.1, 0.15) is 41.8 Å². The minimum Gasteiger partial charge on any atom is -0.490 e. The maximum atomic E-state index is 13.2. The zero-order valence-electron chi connectivity index (χ0n) is 18.3. The van der Waals surface area contributed by atoms with Crippen LogP contribution in [0.4, 0.5) is 0 Å². The van der Waals surface area contributed by atoms with Crippen molar-refractivity contribution in [2.75, 3.05) is 46.0 Å². The second-order valence-electron chi connectivity index (χ2n) is 7.05. The van der Waals surface area contributed by atoms with E-state index in [9.17, 15) is 4.79 Å². The SMILES string of the molecule is CCOc1cc(C(=O)N2CCN(Cc3nc(C)cs3)CC2)cc(OCC)c1OCC. The van der Waals surface area contributed by atoms with E-state index in [4.69, 9.17) is 14.2 Å². The second-order valence-corrected chi connectivity index (χ2v) is 7.99. The molecular formula is C22H31N3O4S. The molecule has 1 fully saturated rings. The number of hydrogen-bond donors (Lipinski definition) is 0. The first-order valence-electron chi connectivity index (χ1n) is 10.5. The maximum Gasteiger partial charge on any atom is 0.254 e. The Morgan fingerprint density at radius 3 is 2.10 bits per heavy atom. The summed E-state index contributed by atoms with van der Waals surface area (Å²) in [4.78, 5) is 22.0. The fraction of sp³-hybridized carbons (Fsp3) is 0.545. The van der Waals surface area contributed by atoms with Crippen molar-refractivity contribution in [2.45, 2.75) is 34.2 Å². The van der Waals surface area contributed by atoms with E-state index in [2.05, 4.69) is 15.3 Å². The Hall–Kier alpha value is -2.32. The van der Waals surface area contributed by atoms with Crippen LogP contribution in [0.5, 0.6) is 17.2 Å². The van der Waals surface area contributed by atoms with Crippen LogP contribution in [0, 0.1) is 6.92 Å². The summed E-state index contributed by atoms with van der Waals surface area (Å²) in [5.41, 5.74) is 1.63. The fourth-order valence-electron chi connectivity index (χ4n) is 3.47. The lowest BCUT2D eigenvalue weighted by molar-refractivity contribution is 0.0627. The highest BCUT2D eigenvalue weighted by atomic mass is 32.1. The summed E-state index contributed by atoms with van der Waals surface area (Å²) in [6.07, 6.45) is 0. The number of nitrogens with zero attached hydrogens (tertiary/aromatic N) is 3. The summed E-state index contributed by atoms with van der Waals surface area (Å²) < 4.78 is 17.2. The van der Waals surface area contributed by atoms with Crippen molar-refractivity contribution in [3.8, 4) is 17.2 Å². The van der Waals surface area contributed by atoms with E-state index < -0.39 is 0 Å². The van der Waals surface area contributed by atoms with E-state index >= 15 is 0 Å². The predicted octanol–water partition coefficient (Wildman–Crippen LogP) is 3.61. The number of carbonyl (C=O) groups excluding carboxylic acids is 1. The topological polar surface area (TPSA) is 64.1 Å². The Kier molecular flexibility index (Phi) is 7.93. The van der Waals surface area contributed by atoms with Gasteiger partial charge in [-0.25, -0.2) is 4.98 Å².